The number of hydrogen-bond acceptors (Lipinski definition) is 3. The summed E-state index contributed by atoms with van der Waals surface area (Å²) in [6.07, 6.45) is 6.71. The predicted octanol–water partition coefficient (Wildman–Crippen LogP) is 10.4. The molecule has 5 aromatic rings. The number of allylic oxidation sites excluding steroid dienone is 1. The Hall–Kier alpha value is -4.08. The van der Waals surface area contributed by atoms with Gasteiger partial charge in [0, 0.05) is 50.0 Å². The Kier molecular flexibility index (Phi) is 7.79. The molecule has 2 atom stereocenters. The molecule has 3 heteroatoms. The quantitative estimate of drug-likeness (QED) is 0.132. The topological polar surface area (TPSA) is 24.7 Å². The van der Waals surface area contributed by atoms with Gasteiger partial charge in [-0.3, -0.25) is 9.98 Å². The SMILES string of the molecule is C=CC1=NC(C=C)C(CCc2ccc3c(sc4cc(-c5cc(C)cc(C)c5)ccc43)c2/C(CC)=N\C)c2ccccc21. The molecule has 0 fully saturated rings. The van der Waals surface area contributed by atoms with Crippen LogP contribution in [0.3, 0.4) is 0 Å². The summed E-state index contributed by atoms with van der Waals surface area (Å²) in [5.41, 5.74) is 12.5. The molecule has 210 valence electrons. The minimum atomic E-state index is 0.0403. The Balaban J connectivity index is 1.43. The molecule has 1 aromatic heterocycles. The van der Waals surface area contributed by atoms with Crippen LogP contribution in [0.5, 0.6) is 0 Å². The first-order chi connectivity index (χ1) is 20.4. The summed E-state index contributed by atoms with van der Waals surface area (Å²) < 4.78 is 2.67. The lowest BCUT2D eigenvalue weighted by Crippen LogP contribution is -2.24. The fourth-order valence-corrected chi connectivity index (χ4v) is 8.08. The van der Waals surface area contributed by atoms with Crippen molar-refractivity contribution in [2.75, 3.05) is 7.05 Å². The third-order valence-electron chi connectivity index (χ3n) is 8.67. The van der Waals surface area contributed by atoms with E-state index in [1.54, 1.807) is 0 Å². The molecule has 42 heavy (non-hydrogen) atoms. The van der Waals surface area contributed by atoms with E-state index in [0.29, 0.717) is 0 Å². The number of nitrogens with zero attached hydrogens (tertiary/aromatic N) is 2. The van der Waals surface area contributed by atoms with Crippen molar-refractivity contribution in [2.45, 2.75) is 52.0 Å². The molecule has 0 saturated carbocycles. The van der Waals surface area contributed by atoms with Gasteiger partial charge in [-0.25, -0.2) is 0 Å². The zero-order valence-corrected chi connectivity index (χ0v) is 25.9. The first-order valence-corrected chi connectivity index (χ1v) is 15.7. The van der Waals surface area contributed by atoms with Crippen LogP contribution in [-0.4, -0.2) is 24.5 Å². The van der Waals surface area contributed by atoms with Crippen molar-refractivity contribution in [3.8, 4) is 11.1 Å². The molecule has 0 N–H and O–H groups in total. The molecule has 0 saturated heterocycles. The van der Waals surface area contributed by atoms with E-state index in [1.807, 2.05) is 30.5 Å². The molecule has 2 unspecified atom stereocenters. The standard InChI is InChI=1S/C39H38N2S/c1-7-34-30-13-11-10-12-29(30)31(35(8-2)41-34)17-14-26-15-19-33-32-18-16-27(28-21-24(4)20-25(5)22-28)23-37(32)42-39(33)38(26)36(9-3)40-6/h7-8,10-13,15-16,18-23,31,35H,1-2,9,14,17H2,3-6H3/b40-36-. The van der Waals surface area contributed by atoms with Gasteiger partial charge in [-0.05, 0) is 67.5 Å². The van der Waals surface area contributed by atoms with Crippen molar-refractivity contribution in [1.29, 1.82) is 0 Å². The molecule has 2 nitrogen and oxygen atoms in total. The Bertz CT molecular complexity index is 1880. The maximum Gasteiger partial charge on any atom is 0.0753 e. The Morgan fingerprint density at radius 3 is 2.40 bits per heavy atom. The van der Waals surface area contributed by atoms with E-state index in [2.05, 4.69) is 107 Å². The fourth-order valence-electron chi connectivity index (χ4n) is 6.75. The smallest absolute Gasteiger partial charge is 0.0753 e. The Morgan fingerprint density at radius 2 is 1.69 bits per heavy atom. The van der Waals surface area contributed by atoms with Crippen LogP contribution in [0.15, 0.2) is 108 Å². The van der Waals surface area contributed by atoms with Gasteiger partial charge in [-0.1, -0.05) is 97.4 Å². The number of hydrogen-bond donors (Lipinski definition) is 0. The molecular weight excluding hydrogens is 529 g/mol. The molecular formula is C39H38N2S. The van der Waals surface area contributed by atoms with Gasteiger partial charge in [0.25, 0.3) is 0 Å². The predicted molar refractivity (Wildman–Crippen MR) is 185 cm³/mol. The first-order valence-electron chi connectivity index (χ1n) is 14.9. The van der Waals surface area contributed by atoms with E-state index in [1.165, 1.54) is 70.4 Å². The van der Waals surface area contributed by atoms with Crippen molar-refractivity contribution in [1.82, 2.24) is 0 Å². The summed E-state index contributed by atoms with van der Waals surface area (Å²) in [5.74, 6) is 0.275. The van der Waals surface area contributed by atoms with Gasteiger partial charge < -0.3 is 0 Å². The summed E-state index contributed by atoms with van der Waals surface area (Å²) in [6.45, 7) is 14.7. The maximum atomic E-state index is 5.03. The molecule has 0 amide bonds. The van der Waals surface area contributed by atoms with E-state index in [-0.39, 0.29) is 12.0 Å². The van der Waals surface area contributed by atoms with E-state index in [9.17, 15) is 0 Å². The molecule has 4 aromatic carbocycles. The lowest BCUT2D eigenvalue weighted by atomic mass is 9.80. The molecule has 0 aliphatic carbocycles. The monoisotopic (exact) mass is 566 g/mol. The van der Waals surface area contributed by atoms with Gasteiger partial charge >= 0.3 is 0 Å². The Labute approximate surface area is 253 Å². The van der Waals surface area contributed by atoms with Gasteiger partial charge in [-0.2, -0.15) is 0 Å². The normalized spacial score (nSPS) is 16.9. The summed E-state index contributed by atoms with van der Waals surface area (Å²) in [6, 6.07) is 27.1. The summed E-state index contributed by atoms with van der Waals surface area (Å²) in [5, 5.41) is 2.64. The molecule has 2 heterocycles. The molecule has 6 rings (SSSR count). The highest BCUT2D eigenvalue weighted by molar-refractivity contribution is 7.26. The van der Waals surface area contributed by atoms with Crippen LogP contribution in [0.4, 0.5) is 0 Å². The second kappa shape index (κ2) is 11.7. The average molecular weight is 567 g/mol. The van der Waals surface area contributed by atoms with Crippen LogP contribution in [0.2, 0.25) is 0 Å². The van der Waals surface area contributed by atoms with Crippen LogP contribution < -0.4 is 0 Å². The molecule has 0 bridgehead atoms. The van der Waals surface area contributed by atoms with Gasteiger partial charge in [0.05, 0.1) is 11.8 Å². The van der Waals surface area contributed by atoms with E-state index in [4.69, 9.17) is 9.98 Å². The first kappa shape index (κ1) is 28.1. The third-order valence-corrected chi connectivity index (χ3v) is 9.86. The fraction of sp³-hybridized carbons (Fsp3) is 0.231. The van der Waals surface area contributed by atoms with Gasteiger partial charge in [0.2, 0.25) is 0 Å². The zero-order valence-electron chi connectivity index (χ0n) is 25.1. The highest BCUT2D eigenvalue weighted by Crippen LogP contribution is 2.41. The molecule has 1 aliphatic rings. The lowest BCUT2D eigenvalue weighted by Gasteiger charge is -2.30. The number of thiophene rings is 1. The van der Waals surface area contributed by atoms with Crippen molar-refractivity contribution in [3.63, 3.8) is 0 Å². The van der Waals surface area contributed by atoms with E-state index in [0.717, 1.165) is 25.0 Å². The van der Waals surface area contributed by atoms with Crippen LogP contribution >= 0.6 is 11.3 Å². The second-order valence-electron chi connectivity index (χ2n) is 11.4. The van der Waals surface area contributed by atoms with Crippen LogP contribution in [0.1, 0.15) is 59.1 Å². The average Bonchev–Trinajstić information content (AvgIpc) is 3.38. The van der Waals surface area contributed by atoms with Gasteiger partial charge in [-0.15, -0.1) is 17.9 Å². The van der Waals surface area contributed by atoms with Crippen LogP contribution in [-0.2, 0) is 6.42 Å². The minimum Gasteiger partial charge on any atom is -0.292 e. The number of aryl methyl sites for hydroxylation is 3. The van der Waals surface area contributed by atoms with E-state index >= 15 is 0 Å². The van der Waals surface area contributed by atoms with E-state index < -0.39 is 0 Å². The largest absolute Gasteiger partial charge is 0.292 e. The zero-order chi connectivity index (χ0) is 29.4. The van der Waals surface area contributed by atoms with Gasteiger partial charge in [0.15, 0.2) is 0 Å². The molecule has 0 radical (unpaired) electrons. The van der Waals surface area contributed by atoms with Crippen molar-refractivity contribution < 1.29 is 0 Å². The highest BCUT2D eigenvalue weighted by Gasteiger charge is 2.28. The summed E-state index contributed by atoms with van der Waals surface area (Å²) >= 11 is 1.91. The number of aliphatic imine (C=N–C) groups is 2. The molecule has 1 aliphatic heterocycles. The number of rotatable bonds is 8. The number of benzene rings is 4. The van der Waals surface area contributed by atoms with Crippen molar-refractivity contribution in [3.05, 3.63) is 131 Å². The second-order valence-corrected chi connectivity index (χ2v) is 12.4. The van der Waals surface area contributed by atoms with Crippen LogP contribution in [0, 0.1) is 13.8 Å². The van der Waals surface area contributed by atoms with Crippen molar-refractivity contribution in [2.24, 2.45) is 9.98 Å². The molecule has 0 spiro atoms. The lowest BCUT2D eigenvalue weighted by molar-refractivity contribution is 0.559. The van der Waals surface area contributed by atoms with Gasteiger partial charge in [0.1, 0.15) is 0 Å². The third kappa shape index (κ3) is 4.97. The van der Waals surface area contributed by atoms with Crippen LogP contribution in [0.25, 0.3) is 31.3 Å². The highest BCUT2D eigenvalue weighted by atomic mass is 32.1. The number of fused-ring (bicyclic) bond motifs is 4. The minimum absolute atomic E-state index is 0.0403. The van der Waals surface area contributed by atoms with Crippen molar-refractivity contribution >= 4 is 42.9 Å². The maximum absolute atomic E-state index is 5.03. The summed E-state index contributed by atoms with van der Waals surface area (Å²) in [4.78, 5) is 9.82. The summed E-state index contributed by atoms with van der Waals surface area (Å²) in [7, 11) is 1.93. The Morgan fingerprint density at radius 1 is 0.929 bits per heavy atom.